The molecule has 0 aromatic rings. The van der Waals surface area contributed by atoms with E-state index in [4.69, 9.17) is 0 Å². The van der Waals surface area contributed by atoms with Crippen molar-refractivity contribution in [2.24, 2.45) is 0 Å². The van der Waals surface area contributed by atoms with Crippen LogP contribution >= 0.6 is 0 Å². The summed E-state index contributed by atoms with van der Waals surface area (Å²) in [5.41, 5.74) is 0. The van der Waals surface area contributed by atoms with Crippen molar-refractivity contribution >= 4 is 16.7 Å². The van der Waals surface area contributed by atoms with E-state index in [0.717, 1.165) is 24.3 Å². The van der Waals surface area contributed by atoms with Crippen molar-refractivity contribution in [1.82, 2.24) is 10.6 Å². The van der Waals surface area contributed by atoms with Crippen LogP contribution in [0.1, 0.15) is 26.7 Å². The molecule has 0 aliphatic carbocycles. The molecule has 1 rings (SSSR count). The monoisotopic (exact) mass is 232 g/mol. The summed E-state index contributed by atoms with van der Waals surface area (Å²) in [5, 5.41) is 6.03. The van der Waals surface area contributed by atoms with E-state index in [0.29, 0.717) is 12.6 Å². The molecule has 1 aliphatic rings. The van der Waals surface area contributed by atoms with Gasteiger partial charge in [-0.1, -0.05) is 13.8 Å². The number of nitrogens with one attached hydrogen (secondary N) is 2. The van der Waals surface area contributed by atoms with Gasteiger partial charge >= 0.3 is 0 Å². The van der Waals surface area contributed by atoms with Crippen LogP contribution in [-0.2, 0) is 15.6 Å². The molecule has 5 heteroatoms. The van der Waals surface area contributed by atoms with Gasteiger partial charge in [-0.2, -0.15) is 0 Å². The highest BCUT2D eigenvalue weighted by molar-refractivity contribution is 7.85. The van der Waals surface area contributed by atoms with Crippen LogP contribution in [0.4, 0.5) is 0 Å². The van der Waals surface area contributed by atoms with Crippen LogP contribution in [0.5, 0.6) is 0 Å². The second kappa shape index (κ2) is 6.23. The quantitative estimate of drug-likeness (QED) is 0.718. The molecule has 1 aliphatic heterocycles. The van der Waals surface area contributed by atoms with Gasteiger partial charge < -0.3 is 10.6 Å². The predicted molar refractivity (Wildman–Crippen MR) is 62.2 cm³/mol. The summed E-state index contributed by atoms with van der Waals surface area (Å²) >= 11 is 0. The van der Waals surface area contributed by atoms with Crippen LogP contribution in [0.25, 0.3) is 0 Å². The fraction of sp³-hybridized carbons (Fsp3) is 0.900. The molecule has 0 aromatic heterocycles. The Morgan fingerprint density at radius 2 is 2.00 bits per heavy atom. The highest BCUT2D eigenvalue weighted by atomic mass is 32.2. The first-order chi connectivity index (χ1) is 7.08. The van der Waals surface area contributed by atoms with Crippen LogP contribution in [-0.4, -0.2) is 40.3 Å². The molecule has 0 unspecified atom stereocenters. The second-order valence-corrected chi connectivity index (χ2v) is 5.92. The van der Waals surface area contributed by atoms with E-state index in [1.54, 1.807) is 0 Å². The van der Waals surface area contributed by atoms with Gasteiger partial charge in [0.2, 0.25) is 5.91 Å². The van der Waals surface area contributed by atoms with Gasteiger partial charge in [-0.15, -0.1) is 0 Å². The summed E-state index contributed by atoms with van der Waals surface area (Å²) in [6, 6.07) is 0.554. The maximum Gasteiger partial charge on any atom is 0.234 e. The number of hydrogen-bond donors (Lipinski definition) is 2. The van der Waals surface area contributed by atoms with Crippen molar-refractivity contribution in [3.8, 4) is 0 Å². The van der Waals surface area contributed by atoms with E-state index < -0.39 is 10.8 Å². The highest BCUT2D eigenvalue weighted by Crippen LogP contribution is 2.08. The zero-order valence-corrected chi connectivity index (χ0v) is 10.2. The normalized spacial score (nSPS) is 26.6. The molecule has 0 atom stereocenters. The Labute approximate surface area is 93.7 Å². The van der Waals surface area contributed by atoms with Gasteiger partial charge in [0.15, 0.2) is 0 Å². The Kier molecular flexibility index (Phi) is 5.25. The molecule has 1 saturated heterocycles. The SMILES string of the molecule is CC(C)NCC(=O)NC1CCS(=O)CC1. The molecule has 0 aromatic carbocycles. The third-order valence-corrected chi connectivity index (χ3v) is 3.81. The number of hydrogen-bond acceptors (Lipinski definition) is 3. The average molecular weight is 232 g/mol. The third kappa shape index (κ3) is 5.28. The van der Waals surface area contributed by atoms with E-state index in [1.165, 1.54) is 0 Å². The number of rotatable bonds is 4. The molecule has 15 heavy (non-hydrogen) atoms. The first-order valence-electron chi connectivity index (χ1n) is 5.45. The topological polar surface area (TPSA) is 58.2 Å². The molecule has 4 nitrogen and oxygen atoms in total. The summed E-state index contributed by atoms with van der Waals surface area (Å²) in [6.45, 7) is 4.39. The lowest BCUT2D eigenvalue weighted by Crippen LogP contribution is -2.44. The number of amides is 1. The van der Waals surface area contributed by atoms with Crippen LogP contribution in [0, 0.1) is 0 Å². The Hall–Kier alpha value is -0.420. The highest BCUT2D eigenvalue weighted by Gasteiger charge is 2.19. The van der Waals surface area contributed by atoms with Gasteiger partial charge in [-0.3, -0.25) is 9.00 Å². The Morgan fingerprint density at radius 1 is 1.40 bits per heavy atom. The lowest BCUT2D eigenvalue weighted by molar-refractivity contribution is -0.121. The smallest absolute Gasteiger partial charge is 0.234 e. The maximum atomic E-state index is 11.4. The minimum atomic E-state index is -0.654. The summed E-state index contributed by atoms with van der Waals surface area (Å²) in [5.74, 6) is 1.49. The molecule has 0 bridgehead atoms. The fourth-order valence-electron chi connectivity index (χ4n) is 1.51. The first kappa shape index (κ1) is 12.6. The Morgan fingerprint density at radius 3 is 2.53 bits per heavy atom. The predicted octanol–water partition coefficient (Wildman–Crippen LogP) is 0.0117. The van der Waals surface area contributed by atoms with E-state index in [-0.39, 0.29) is 11.9 Å². The molecular weight excluding hydrogens is 212 g/mol. The molecular formula is C10H20N2O2S. The van der Waals surface area contributed by atoms with Crippen LogP contribution < -0.4 is 10.6 Å². The zero-order chi connectivity index (χ0) is 11.3. The molecule has 1 fully saturated rings. The number of carbonyl (C=O) groups is 1. The van der Waals surface area contributed by atoms with Gasteiger partial charge in [-0.25, -0.2) is 0 Å². The van der Waals surface area contributed by atoms with Gasteiger partial charge in [-0.05, 0) is 12.8 Å². The van der Waals surface area contributed by atoms with Crippen LogP contribution in [0.2, 0.25) is 0 Å². The van der Waals surface area contributed by atoms with E-state index in [1.807, 2.05) is 13.8 Å². The summed E-state index contributed by atoms with van der Waals surface area (Å²) < 4.78 is 11.1. The number of carbonyl (C=O) groups excluding carboxylic acids is 1. The summed E-state index contributed by atoms with van der Waals surface area (Å²) in [6.07, 6.45) is 1.69. The minimum absolute atomic E-state index is 0.0429. The van der Waals surface area contributed by atoms with Gasteiger partial charge in [0, 0.05) is 34.4 Å². The Balaban J connectivity index is 2.17. The molecule has 1 amide bonds. The van der Waals surface area contributed by atoms with Gasteiger partial charge in [0.05, 0.1) is 6.54 Å². The summed E-state index contributed by atoms with van der Waals surface area (Å²) in [4.78, 5) is 11.4. The van der Waals surface area contributed by atoms with Crippen molar-refractivity contribution in [2.45, 2.75) is 38.8 Å². The zero-order valence-electron chi connectivity index (χ0n) is 9.41. The third-order valence-electron chi connectivity index (χ3n) is 2.42. The van der Waals surface area contributed by atoms with E-state index in [9.17, 15) is 9.00 Å². The average Bonchev–Trinajstić information content (AvgIpc) is 2.19. The Bertz CT molecular complexity index is 234. The van der Waals surface area contributed by atoms with Crippen LogP contribution in [0.3, 0.4) is 0 Å². The molecule has 0 spiro atoms. The lowest BCUT2D eigenvalue weighted by Gasteiger charge is -2.22. The van der Waals surface area contributed by atoms with Crippen LogP contribution in [0.15, 0.2) is 0 Å². The van der Waals surface area contributed by atoms with Crippen molar-refractivity contribution in [3.05, 3.63) is 0 Å². The van der Waals surface area contributed by atoms with Crippen molar-refractivity contribution in [1.29, 1.82) is 0 Å². The van der Waals surface area contributed by atoms with Crippen molar-refractivity contribution in [3.63, 3.8) is 0 Å². The maximum absolute atomic E-state index is 11.4. The molecule has 88 valence electrons. The van der Waals surface area contributed by atoms with Crippen molar-refractivity contribution in [2.75, 3.05) is 18.1 Å². The fourth-order valence-corrected chi connectivity index (χ4v) is 2.81. The largest absolute Gasteiger partial charge is 0.352 e. The lowest BCUT2D eigenvalue weighted by atomic mass is 10.1. The van der Waals surface area contributed by atoms with E-state index >= 15 is 0 Å². The van der Waals surface area contributed by atoms with Gasteiger partial charge in [0.25, 0.3) is 0 Å². The molecule has 1 heterocycles. The van der Waals surface area contributed by atoms with Crippen molar-refractivity contribution < 1.29 is 9.00 Å². The molecule has 0 radical (unpaired) electrons. The molecule has 2 N–H and O–H groups in total. The van der Waals surface area contributed by atoms with Gasteiger partial charge in [0.1, 0.15) is 0 Å². The minimum Gasteiger partial charge on any atom is -0.352 e. The molecule has 0 saturated carbocycles. The van der Waals surface area contributed by atoms with E-state index in [2.05, 4.69) is 10.6 Å². The summed E-state index contributed by atoms with van der Waals surface area (Å²) in [7, 11) is -0.654. The standard InChI is InChI=1S/C10H20N2O2S/c1-8(2)11-7-10(13)12-9-3-5-15(14)6-4-9/h8-9,11H,3-7H2,1-2H3,(H,12,13). The first-order valence-corrected chi connectivity index (χ1v) is 6.94. The second-order valence-electron chi connectivity index (χ2n) is 4.23.